The second-order valence-electron chi connectivity index (χ2n) is 7.39. The highest BCUT2D eigenvalue weighted by atomic mass is 32.2. The lowest BCUT2D eigenvalue weighted by atomic mass is 10.1. The Kier molecular flexibility index (Phi) is 5.91. The molecule has 0 aliphatic carbocycles. The average Bonchev–Trinajstić information content (AvgIpc) is 3.18. The Balaban J connectivity index is 1.62. The largest absolute Gasteiger partial charge is 0.381 e. The summed E-state index contributed by atoms with van der Waals surface area (Å²) in [5.41, 5.74) is 3.10. The van der Waals surface area contributed by atoms with Gasteiger partial charge in [0.25, 0.3) is 10.0 Å². The molecule has 1 heterocycles. The fraction of sp³-hybridized carbons (Fsp3) is 0.160. The van der Waals surface area contributed by atoms with Gasteiger partial charge in [-0.25, -0.2) is 12.4 Å². The molecular formula is C25H24N2O3S. The second kappa shape index (κ2) is 8.78. The number of Topliss-reactive ketones (excluding diaryl/α,β-unsaturated/α-hetero) is 1. The number of hydrogen-bond donors (Lipinski definition) is 1. The normalized spacial score (nSPS) is 11.5. The molecule has 0 fully saturated rings. The number of carbonyl (C=O) groups excluding carboxylic acids is 1. The molecule has 0 saturated heterocycles. The van der Waals surface area contributed by atoms with E-state index >= 15 is 0 Å². The Morgan fingerprint density at radius 3 is 2.29 bits per heavy atom. The number of nitrogens with one attached hydrogen (secondary N) is 1. The number of para-hydroxylation sites is 1. The average molecular weight is 433 g/mol. The highest BCUT2D eigenvalue weighted by Crippen LogP contribution is 2.26. The van der Waals surface area contributed by atoms with Crippen LogP contribution < -0.4 is 5.32 Å². The third-order valence-electron chi connectivity index (χ3n) is 5.23. The van der Waals surface area contributed by atoms with Crippen molar-refractivity contribution < 1.29 is 13.2 Å². The third kappa shape index (κ3) is 4.25. The van der Waals surface area contributed by atoms with E-state index in [4.69, 9.17) is 0 Å². The van der Waals surface area contributed by atoms with Crippen molar-refractivity contribution in [3.05, 3.63) is 96.2 Å². The molecule has 0 unspecified atom stereocenters. The molecule has 158 valence electrons. The molecule has 0 amide bonds. The van der Waals surface area contributed by atoms with Gasteiger partial charge in [0.2, 0.25) is 0 Å². The van der Waals surface area contributed by atoms with Crippen molar-refractivity contribution in [2.24, 2.45) is 0 Å². The van der Waals surface area contributed by atoms with Gasteiger partial charge in [0.05, 0.1) is 10.4 Å². The zero-order chi connectivity index (χ0) is 21.8. The Bertz CT molecular complexity index is 1310. The van der Waals surface area contributed by atoms with Crippen LogP contribution in [0.15, 0.2) is 90.0 Å². The minimum absolute atomic E-state index is 0.142. The number of fused-ring (bicyclic) bond motifs is 1. The number of aromatic nitrogens is 1. The van der Waals surface area contributed by atoms with Crippen LogP contribution in [0.3, 0.4) is 0 Å². The van der Waals surface area contributed by atoms with Crippen molar-refractivity contribution in [3.63, 3.8) is 0 Å². The Morgan fingerprint density at radius 2 is 1.58 bits per heavy atom. The molecule has 1 aromatic heterocycles. The van der Waals surface area contributed by atoms with Crippen LogP contribution in [0.25, 0.3) is 10.9 Å². The maximum absolute atomic E-state index is 13.2. The molecule has 31 heavy (non-hydrogen) atoms. The predicted octanol–water partition coefficient (Wildman–Crippen LogP) is 5.47. The molecule has 0 aliphatic rings. The van der Waals surface area contributed by atoms with Gasteiger partial charge in [-0.05, 0) is 54.4 Å². The van der Waals surface area contributed by atoms with E-state index in [1.54, 1.807) is 36.5 Å². The van der Waals surface area contributed by atoms with Crippen molar-refractivity contribution in [1.29, 1.82) is 0 Å². The number of carbonyl (C=O) groups is 1. The highest BCUT2D eigenvalue weighted by Gasteiger charge is 2.20. The van der Waals surface area contributed by atoms with Crippen LogP contribution in [0, 0.1) is 0 Å². The van der Waals surface area contributed by atoms with E-state index in [0.29, 0.717) is 24.0 Å². The van der Waals surface area contributed by atoms with Gasteiger partial charge in [0, 0.05) is 35.8 Å². The van der Waals surface area contributed by atoms with E-state index in [9.17, 15) is 13.2 Å². The first-order chi connectivity index (χ1) is 15.0. The van der Waals surface area contributed by atoms with Crippen molar-refractivity contribution in [2.45, 2.75) is 31.2 Å². The van der Waals surface area contributed by atoms with Crippen LogP contribution in [-0.4, -0.2) is 18.2 Å². The first-order valence-electron chi connectivity index (χ1n) is 10.3. The van der Waals surface area contributed by atoms with Crippen molar-refractivity contribution in [2.75, 3.05) is 5.32 Å². The summed E-state index contributed by atoms with van der Waals surface area (Å²) in [7, 11) is -3.70. The first-order valence-corrected chi connectivity index (χ1v) is 11.7. The van der Waals surface area contributed by atoms with E-state index < -0.39 is 10.0 Å². The Morgan fingerprint density at radius 1 is 0.903 bits per heavy atom. The fourth-order valence-corrected chi connectivity index (χ4v) is 5.02. The van der Waals surface area contributed by atoms with E-state index in [1.165, 1.54) is 3.97 Å². The number of anilines is 1. The van der Waals surface area contributed by atoms with E-state index in [-0.39, 0.29) is 10.7 Å². The minimum atomic E-state index is -3.70. The van der Waals surface area contributed by atoms with Gasteiger partial charge >= 0.3 is 0 Å². The molecule has 0 atom stereocenters. The lowest BCUT2D eigenvalue weighted by Crippen LogP contribution is -2.11. The number of benzene rings is 3. The van der Waals surface area contributed by atoms with Crippen LogP contribution >= 0.6 is 0 Å². The maximum Gasteiger partial charge on any atom is 0.268 e. The molecule has 1 N–H and O–H groups in total. The molecule has 4 rings (SSSR count). The summed E-state index contributed by atoms with van der Waals surface area (Å²) in [6.07, 6.45) is 3.05. The summed E-state index contributed by atoms with van der Waals surface area (Å²) in [5.74, 6) is 0.142. The molecule has 0 spiro atoms. The van der Waals surface area contributed by atoms with Gasteiger partial charge in [-0.1, -0.05) is 43.3 Å². The van der Waals surface area contributed by atoms with Crippen molar-refractivity contribution >= 4 is 32.4 Å². The number of rotatable bonds is 8. The number of nitrogens with zero attached hydrogens (tertiary/aromatic N) is 1. The van der Waals surface area contributed by atoms with E-state index in [1.807, 2.05) is 55.5 Å². The quantitative estimate of drug-likeness (QED) is 0.375. The molecule has 0 aliphatic heterocycles. The number of ketones is 1. The minimum Gasteiger partial charge on any atom is -0.381 e. The molecule has 0 radical (unpaired) electrons. The van der Waals surface area contributed by atoms with Gasteiger partial charge in [0.1, 0.15) is 0 Å². The molecular weight excluding hydrogens is 408 g/mol. The van der Waals surface area contributed by atoms with Crippen molar-refractivity contribution in [3.8, 4) is 0 Å². The molecule has 4 aromatic rings. The lowest BCUT2D eigenvalue weighted by Gasteiger charge is -2.07. The summed E-state index contributed by atoms with van der Waals surface area (Å²) >= 11 is 0. The van der Waals surface area contributed by atoms with Gasteiger partial charge in [-0.2, -0.15) is 0 Å². The predicted molar refractivity (Wildman–Crippen MR) is 124 cm³/mol. The van der Waals surface area contributed by atoms with Crippen LogP contribution in [0.1, 0.15) is 35.7 Å². The summed E-state index contributed by atoms with van der Waals surface area (Å²) < 4.78 is 27.7. The highest BCUT2D eigenvalue weighted by molar-refractivity contribution is 7.90. The van der Waals surface area contributed by atoms with E-state index in [2.05, 4.69) is 5.32 Å². The van der Waals surface area contributed by atoms with Crippen LogP contribution in [0.5, 0.6) is 0 Å². The summed E-state index contributed by atoms with van der Waals surface area (Å²) in [4.78, 5) is 12.3. The summed E-state index contributed by atoms with van der Waals surface area (Å²) in [6.45, 7) is 2.45. The van der Waals surface area contributed by atoms with Gasteiger partial charge in [0.15, 0.2) is 5.78 Å². The molecule has 6 heteroatoms. The molecule has 0 bridgehead atoms. The maximum atomic E-state index is 13.2. The Hall–Kier alpha value is -3.38. The zero-order valence-corrected chi connectivity index (χ0v) is 18.1. The van der Waals surface area contributed by atoms with Crippen LogP contribution in [-0.2, 0) is 16.6 Å². The third-order valence-corrected chi connectivity index (χ3v) is 6.92. The van der Waals surface area contributed by atoms with Gasteiger partial charge < -0.3 is 5.32 Å². The smallest absolute Gasteiger partial charge is 0.268 e. The van der Waals surface area contributed by atoms with Crippen LogP contribution in [0.2, 0.25) is 0 Å². The Labute approximate surface area is 182 Å². The van der Waals surface area contributed by atoms with E-state index in [0.717, 1.165) is 23.1 Å². The summed E-state index contributed by atoms with van der Waals surface area (Å²) in [5, 5.41) is 4.22. The van der Waals surface area contributed by atoms with Gasteiger partial charge in [-0.3, -0.25) is 4.79 Å². The SMILES string of the molecule is CCCC(=O)c1ccc(NCc2cn(S(=O)(=O)c3ccccc3)c3ccccc23)cc1. The number of hydrogen-bond acceptors (Lipinski definition) is 4. The van der Waals surface area contributed by atoms with Crippen molar-refractivity contribution in [1.82, 2.24) is 3.97 Å². The second-order valence-corrected chi connectivity index (χ2v) is 9.20. The molecule has 5 nitrogen and oxygen atoms in total. The molecule has 0 saturated carbocycles. The molecule has 3 aromatic carbocycles. The monoisotopic (exact) mass is 432 g/mol. The van der Waals surface area contributed by atoms with Gasteiger partial charge in [-0.15, -0.1) is 0 Å². The summed E-state index contributed by atoms with van der Waals surface area (Å²) in [6, 6.07) is 23.3. The topological polar surface area (TPSA) is 68.2 Å². The zero-order valence-electron chi connectivity index (χ0n) is 17.3. The standard InChI is InChI=1S/C25H24N2O3S/c1-2-8-25(28)19-13-15-21(16-14-19)26-17-20-18-27(24-12-7-6-11-23(20)24)31(29,30)22-9-4-3-5-10-22/h3-7,9-16,18,26H,2,8,17H2,1H3. The van der Waals surface area contributed by atoms with Crippen LogP contribution in [0.4, 0.5) is 5.69 Å². The lowest BCUT2D eigenvalue weighted by molar-refractivity contribution is 0.0981. The fourth-order valence-electron chi connectivity index (χ4n) is 3.61. The first kappa shape index (κ1) is 20.9.